The smallest absolute Gasteiger partial charge is 0.164 e. The molecule has 92 valence electrons. The van der Waals surface area contributed by atoms with Crippen molar-refractivity contribution in [1.82, 2.24) is 4.90 Å². The molecular formula is C12H15ClN2OS. The van der Waals surface area contributed by atoms with Crippen LogP contribution in [0.5, 0.6) is 0 Å². The number of thioether (sulfide) groups is 1. The Labute approximate surface area is 110 Å². The zero-order valence-corrected chi connectivity index (χ0v) is 11.2. The van der Waals surface area contributed by atoms with Gasteiger partial charge in [-0.15, -0.1) is 0 Å². The van der Waals surface area contributed by atoms with Gasteiger partial charge in [0.2, 0.25) is 0 Å². The maximum Gasteiger partial charge on any atom is 0.164 e. The average Bonchev–Trinajstić information content (AvgIpc) is 2.75. The topological polar surface area (TPSA) is 35.8 Å². The molecule has 1 fully saturated rings. The number of aliphatic imine (C=N–C) groups is 1. The fourth-order valence-electron chi connectivity index (χ4n) is 1.79. The van der Waals surface area contributed by atoms with E-state index in [1.165, 1.54) is 0 Å². The van der Waals surface area contributed by atoms with E-state index < -0.39 is 0 Å². The Morgan fingerprint density at radius 2 is 2.18 bits per heavy atom. The van der Waals surface area contributed by atoms with E-state index in [0.29, 0.717) is 11.6 Å². The summed E-state index contributed by atoms with van der Waals surface area (Å²) in [6.07, 6.45) is 2.59. The summed E-state index contributed by atoms with van der Waals surface area (Å²) in [5.74, 6) is 0. The van der Waals surface area contributed by atoms with E-state index in [0.717, 1.165) is 23.8 Å². The summed E-state index contributed by atoms with van der Waals surface area (Å²) in [5.41, 5.74) is 0.889. The predicted molar refractivity (Wildman–Crippen MR) is 74.3 cm³/mol. The second-order valence-corrected chi connectivity index (χ2v) is 5.17. The van der Waals surface area contributed by atoms with Crippen molar-refractivity contribution in [2.24, 2.45) is 4.99 Å². The van der Waals surface area contributed by atoms with Crippen LogP contribution in [0.1, 0.15) is 6.42 Å². The van der Waals surface area contributed by atoms with E-state index in [-0.39, 0.29) is 6.10 Å². The van der Waals surface area contributed by atoms with Crippen molar-refractivity contribution in [3.05, 3.63) is 29.3 Å². The van der Waals surface area contributed by atoms with Gasteiger partial charge in [-0.25, -0.2) is 4.99 Å². The minimum atomic E-state index is -0.224. The van der Waals surface area contributed by atoms with Crippen molar-refractivity contribution in [1.29, 1.82) is 0 Å². The summed E-state index contributed by atoms with van der Waals surface area (Å²) >= 11 is 7.43. The minimum Gasteiger partial charge on any atom is -0.391 e. The van der Waals surface area contributed by atoms with Gasteiger partial charge in [-0.05, 0) is 36.9 Å². The molecule has 3 nitrogen and oxygen atoms in total. The third-order valence-electron chi connectivity index (χ3n) is 2.67. The first-order chi connectivity index (χ1) is 8.19. The number of nitrogens with zero attached hydrogens (tertiary/aromatic N) is 2. The molecule has 1 N–H and O–H groups in total. The van der Waals surface area contributed by atoms with Crippen molar-refractivity contribution in [3.8, 4) is 0 Å². The number of halogens is 1. The summed E-state index contributed by atoms with van der Waals surface area (Å²) in [6.45, 7) is 1.54. The molecule has 0 amide bonds. The molecule has 0 aliphatic carbocycles. The number of β-amino-alcohol motifs (C(OH)–C–C–N with tert-alkyl or cyclic N) is 1. The Morgan fingerprint density at radius 3 is 2.71 bits per heavy atom. The molecule has 0 aromatic heterocycles. The lowest BCUT2D eigenvalue weighted by Gasteiger charge is -2.18. The highest BCUT2D eigenvalue weighted by molar-refractivity contribution is 8.13. The summed E-state index contributed by atoms with van der Waals surface area (Å²) in [4.78, 5) is 6.69. The Kier molecular flexibility index (Phi) is 4.31. The summed E-state index contributed by atoms with van der Waals surface area (Å²) in [5, 5.41) is 11.2. The molecule has 0 radical (unpaired) electrons. The second-order valence-electron chi connectivity index (χ2n) is 3.96. The highest BCUT2D eigenvalue weighted by Gasteiger charge is 2.22. The fraction of sp³-hybridized carbons (Fsp3) is 0.417. The molecule has 1 atom stereocenters. The molecular weight excluding hydrogens is 256 g/mol. The lowest BCUT2D eigenvalue weighted by atomic mass is 10.3. The number of amidine groups is 1. The zero-order chi connectivity index (χ0) is 12.3. The number of hydrogen-bond donors (Lipinski definition) is 1. The molecule has 0 spiro atoms. The molecule has 0 unspecified atom stereocenters. The van der Waals surface area contributed by atoms with Crippen LogP contribution in [0.3, 0.4) is 0 Å². The van der Waals surface area contributed by atoms with Gasteiger partial charge in [0, 0.05) is 18.1 Å². The van der Waals surface area contributed by atoms with Crippen molar-refractivity contribution in [2.45, 2.75) is 12.5 Å². The molecule has 1 aliphatic rings. The largest absolute Gasteiger partial charge is 0.391 e. The first kappa shape index (κ1) is 12.7. The fourth-order valence-corrected chi connectivity index (χ4v) is 2.53. The third-order valence-corrected chi connectivity index (χ3v) is 3.63. The maximum atomic E-state index is 9.52. The van der Waals surface area contributed by atoms with Crippen LogP contribution in [0.15, 0.2) is 29.3 Å². The highest BCUT2D eigenvalue weighted by Crippen LogP contribution is 2.21. The number of benzene rings is 1. The van der Waals surface area contributed by atoms with E-state index in [9.17, 15) is 5.11 Å². The first-order valence-electron chi connectivity index (χ1n) is 5.50. The van der Waals surface area contributed by atoms with Gasteiger partial charge in [-0.3, -0.25) is 0 Å². The van der Waals surface area contributed by atoms with Crippen LogP contribution in [0.4, 0.5) is 5.69 Å². The molecule has 1 saturated heterocycles. The molecule has 2 rings (SSSR count). The van der Waals surface area contributed by atoms with Gasteiger partial charge in [0.15, 0.2) is 5.17 Å². The Bertz CT molecular complexity index is 407. The molecule has 5 heteroatoms. The quantitative estimate of drug-likeness (QED) is 0.630. The van der Waals surface area contributed by atoms with Gasteiger partial charge >= 0.3 is 0 Å². The first-order valence-corrected chi connectivity index (χ1v) is 7.10. The number of likely N-dealkylation sites (tertiary alicyclic amines) is 1. The van der Waals surface area contributed by atoms with Gasteiger partial charge in [0.1, 0.15) is 0 Å². The SMILES string of the molecule is CSC(=Nc1ccc(Cl)cc1)N1CC[C@@H](O)C1. The molecule has 17 heavy (non-hydrogen) atoms. The highest BCUT2D eigenvalue weighted by atomic mass is 35.5. The normalized spacial score (nSPS) is 21.0. The Morgan fingerprint density at radius 1 is 1.47 bits per heavy atom. The van der Waals surface area contributed by atoms with Crippen molar-refractivity contribution in [3.63, 3.8) is 0 Å². The lowest BCUT2D eigenvalue weighted by Crippen LogP contribution is -2.26. The molecule has 1 aromatic rings. The van der Waals surface area contributed by atoms with E-state index in [1.54, 1.807) is 11.8 Å². The maximum absolute atomic E-state index is 9.52. The number of rotatable bonds is 1. The standard InChI is InChI=1S/C12H15ClN2OS/c1-17-12(15-7-6-11(16)8-15)14-10-4-2-9(13)3-5-10/h2-5,11,16H,6-8H2,1H3/t11-/m1/s1. The van der Waals surface area contributed by atoms with Crippen LogP contribution in [0, 0.1) is 0 Å². The van der Waals surface area contributed by atoms with Gasteiger partial charge in [-0.2, -0.15) is 0 Å². The van der Waals surface area contributed by atoms with Gasteiger partial charge in [-0.1, -0.05) is 23.4 Å². The molecule has 1 aromatic carbocycles. The van der Waals surface area contributed by atoms with Crippen molar-refractivity contribution in [2.75, 3.05) is 19.3 Å². The number of aliphatic hydroxyl groups excluding tert-OH is 1. The molecule has 1 heterocycles. The van der Waals surface area contributed by atoms with Gasteiger partial charge in [0.25, 0.3) is 0 Å². The monoisotopic (exact) mass is 270 g/mol. The van der Waals surface area contributed by atoms with Crippen LogP contribution in [0.25, 0.3) is 0 Å². The summed E-state index contributed by atoms with van der Waals surface area (Å²) in [6, 6.07) is 7.45. The molecule has 0 saturated carbocycles. The van der Waals surface area contributed by atoms with Crippen LogP contribution in [-0.4, -0.2) is 40.6 Å². The van der Waals surface area contributed by atoms with E-state index in [2.05, 4.69) is 9.89 Å². The van der Waals surface area contributed by atoms with Crippen LogP contribution in [0.2, 0.25) is 5.02 Å². The summed E-state index contributed by atoms with van der Waals surface area (Å²) < 4.78 is 0. The zero-order valence-electron chi connectivity index (χ0n) is 9.64. The number of hydrogen-bond acceptors (Lipinski definition) is 3. The lowest BCUT2D eigenvalue weighted by molar-refractivity contribution is 0.188. The van der Waals surface area contributed by atoms with Crippen LogP contribution in [-0.2, 0) is 0 Å². The van der Waals surface area contributed by atoms with Crippen LogP contribution >= 0.6 is 23.4 Å². The van der Waals surface area contributed by atoms with Crippen LogP contribution < -0.4 is 0 Å². The Balaban J connectivity index is 2.14. The molecule has 1 aliphatic heterocycles. The van der Waals surface area contributed by atoms with E-state index in [1.807, 2.05) is 30.5 Å². The van der Waals surface area contributed by atoms with Crippen molar-refractivity contribution >= 4 is 34.2 Å². The second kappa shape index (κ2) is 5.76. The van der Waals surface area contributed by atoms with E-state index in [4.69, 9.17) is 11.6 Å². The Hall–Kier alpha value is -0.710. The predicted octanol–water partition coefficient (Wildman–Crippen LogP) is 2.76. The van der Waals surface area contributed by atoms with Gasteiger partial charge in [0.05, 0.1) is 11.8 Å². The molecule has 0 bridgehead atoms. The summed E-state index contributed by atoms with van der Waals surface area (Å²) in [7, 11) is 0. The van der Waals surface area contributed by atoms with E-state index >= 15 is 0 Å². The minimum absolute atomic E-state index is 0.224. The third kappa shape index (κ3) is 3.37. The van der Waals surface area contributed by atoms with Gasteiger partial charge < -0.3 is 10.0 Å². The van der Waals surface area contributed by atoms with Crippen molar-refractivity contribution < 1.29 is 5.11 Å². The number of aliphatic hydroxyl groups is 1. The average molecular weight is 271 g/mol.